The van der Waals surface area contributed by atoms with Crippen molar-refractivity contribution in [3.05, 3.63) is 57.8 Å². The van der Waals surface area contributed by atoms with Crippen LogP contribution in [0.3, 0.4) is 0 Å². The van der Waals surface area contributed by atoms with Crippen LogP contribution in [0.1, 0.15) is 22.9 Å². The van der Waals surface area contributed by atoms with Crippen LogP contribution in [0, 0.1) is 6.92 Å². The standard InChI is InChI=1S/C15H18BrN3O/c1-10-3-6-13(15(7-10)20-2)14(19-17)8-12-5-4-11(16)9-18-12/h3-7,9,14,19H,8,17H2,1-2H3. The molecule has 1 aromatic carbocycles. The van der Waals surface area contributed by atoms with Gasteiger partial charge in [-0.15, -0.1) is 0 Å². The number of aromatic nitrogens is 1. The molecule has 20 heavy (non-hydrogen) atoms. The highest BCUT2D eigenvalue weighted by molar-refractivity contribution is 9.10. The number of rotatable bonds is 5. The first kappa shape index (κ1) is 15.0. The van der Waals surface area contributed by atoms with E-state index in [9.17, 15) is 0 Å². The van der Waals surface area contributed by atoms with Gasteiger partial charge in [0.15, 0.2) is 0 Å². The maximum absolute atomic E-state index is 5.70. The lowest BCUT2D eigenvalue weighted by Crippen LogP contribution is -2.30. The Morgan fingerprint density at radius 1 is 1.35 bits per heavy atom. The summed E-state index contributed by atoms with van der Waals surface area (Å²) >= 11 is 3.38. The molecule has 2 rings (SSSR count). The van der Waals surface area contributed by atoms with Gasteiger partial charge in [-0.2, -0.15) is 0 Å². The molecular weight excluding hydrogens is 318 g/mol. The highest BCUT2D eigenvalue weighted by Gasteiger charge is 2.16. The minimum absolute atomic E-state index is 0.0424. The summed E-state index contributed by atoms with van der Waals surface area (Å²) in [5, 5.41) is 0. The fourth-order valence-electron chi connectivity index (χ4n) is 2.10. The number of hydrazine groups is 1. The Hall–Kier alpha value is -1.43. The van der Waals surface area contributed by atoms with Crippen LogP contribution in [-0.4, -0.2) is 12.1 Å². The van der Waals surface area contributed by atoms with E-state index < -0.39 is 0 Å². The lowest BCUT2D eigenvalue weighted by Gasteiger charge is -2.19. The number of methoxy groups -OCH3 is 1. The van der Waals surface area contributed by atoms with Gasteiger partial charge in [-0.25, -0.2) is 0 Å². The second-order valence-corrected chi connectivity index (χ2v) is 5.55. The summed E-state index contributed by atoms with van der Waals surface area (Å²) in [6, 6.07) is 10.0. The average molecular weight is 336 g/mol. The van der Waals surface area contributed by atoms with E-state index in [1.165, 1.54) is 0 Å². The van der Waals surface area contributed by atoms with Gasteiger partial charge in [-0.1, -0.05) is 12.1 Å². The van der Waals surface area contributed by atoms with E-state index in [0.29, 0.717) is 6.42 Å². The molecule has 1 aromatic heterocycles. The first-order valence-corrected chi connectivity index (χ1v) is 7.14. The largest absolute Gasteiger partial charge is 0.496 e. The van der Waals surface area contributed by atoms with Crippen molar-refractivity contribution in [2.24, 2.45) is 5.84 Å². The van der Waals surface area contributed by atoms with Crippen LogP contribution in [0.15, 0.2) is 41.0 Å². The molecule has 0 radical (unpaired) electrons. The summed E-state index contributed by atoms with van der Waals surface area (Å²) in [7, 11) is 1.67. The molecule has 2 aromatic rings. The number of nitrogens with two attached hydrogens (primary N) is 1. The normalized spacial score (nSPS) is 12.2. The fourth-order valence-corrected chi connectivity index (χ4v) is 2.34. The van der Waals surface area contributed by atoms with Crippen LogP contribution >= 0.6 is 15.9 Å². The van der Waals surface area contributed by atoms with Gasteiger partial charge < -0.3 is 4.74 Å². The zero-order valence-electron chi connectivity index (χ0n) is 11.6. The van der Waals surface area contributed by atoms with Crippen molar-refractivity contribution in [3.8, 4) is 5.75 Å². The van der Waals surface area contributed by atoms with Gasteiger partial charge in [0.1, 0.15) is 5.75 Å². The monoisotopic (exact) mass is 335 g/mol. The maximum Gasteiger partial charge on any atom is 0.123 e. The molecule has 1 heterocycles. The summed E-state index contributed by atoms with van der Waals surface area (Å²) in [5.74, 6) is 6.54. The van der Waals surface area contributed by atoms with Crippen molar-refractivity contribution in [2.45, 2.75) is 19.4 Å². The average Bonchev–Trinajstić information content (AvgIpc) is 2.47. The molecule has 0 fully saturated rings. The molecule has 0 aliphatic rings. The van der Waals surface area contributed by atoms with E-state index in [1.54, 1.807) is 13.3 Å². The second-order valence-electron chi connectivity index (χ2n) is 4.64. The highest BCUT2D eigenvalue weighted by Crippen LogP contribution is 2.28. The lowest BCUT2D eigenvalue weighted by molar-refractivity contribution is 0.398. The Labute approximate surface area is 127 Å². The third-order valence-electron chi connectivity index (χ3n) is 3.17. The summed E-state index contributed by atoms with van der Waals surface area (Å²) in [5.41, 5.74) is 6.00. The molecular formula is C15H18BrN3O. The van der Waals surface area contributed by atoms with E-state index >= 15 is 0 Å². The van der Waals surface area contributed by atoms with E-state index in [1.807, 2.05) is 31.2 Å². The van der Waals surface area contributed by atoms with Gasteiger partial charge in [0.05, 0.1) is 13.2 Å². The number of hydrogen-bond donors (Lipinski definition) is 2. The molecule has 106 valence electrons. The molecule has 0 bridgehead atoms. The fraction of sp³-hybridized carbons (Fsp3) is 0.267. The van der Waals surface area contributed by atoms with E-state index in [0.717, 1.165) is 27.0 Å². The SMILES string of the molecule is COc1cc(C)ccc1C(Cc1ccc(Br)cn1)NN. The number of nitrogens with zero attached hydrogens (tertiary/aromatic N) is 1. The van der Waals surface area contributed by atoms with Crippen LogP contribution in [-0.2, 0) is 6.42 Å². The van der Waals surface area contributed by atoms with Crippen LogP contribution in [0.4, 0.5) is 0 Å². The summed E-state index contributed by atoms with van der Waals surface area (Å²) in [6.45, 7) is 2.04. The first-order valence-electron chi connectivity index (χ1n) is 6.35. The molecule has 5 heteroatoms. The van der Waals surface area contributed by atoms with E-state index in [2.05, 4.69) is 32.4 Å². The first-order chi connectivity index (χ1) is 9.63. The second kappa shape index (κ2) is 6.83. The zero-order chi connectivity index (χ0) is 14.5. The predicted octanol–water partition coefficient (Wildman–Crippen LogP) is 2.91. The highest BCUT2D eigenvalue weighted by atomic mass is 79.9. The summed E-state index contributed by atoms with van der Waals surface area (Å²) in [6.07, 6.45) is 2.48. The number of ether oxygens (including phenoxy) is 1. The van der Waals surface area contributed by atoms with Crippen molar-refractivity contribution in [1.82, 2.24) is 10.4 Å². The van der Waals surface area contributed by atoms with Crippen LogP contribution in [0.2, 0.25) is 0 Å². The molecule has 1 unspecified atom stereocenters. The number of halogens is 1. The van der Waals surface area contributed by atoms with Crippen molar-refractivity contribution >= 4 is 15.9 Å². The van der Waals surface area contributed by atoms with Gasteiger partial charge in [0, 0.05) is 28.3 Å². The molecule has 0 spiro atoms. The smallest absolute Gasteiger partial charge is 0.123 e. The summed E-state index contributed by atoms with van der Waals surface area (Å²) < 4.78 is 6.41. The van der Waals surface area contributed by atoms with Crippen LogP contribution in [0.5, 0.6) is 5.75 Å². The van der Waals surface area contributed by atoms with Crippen molar-refractivity contribution < 1.29 is 4.74 Å². The predicted molar refractivity (Wildman–Crippen MR) is 83.4 cm³/mol. The summed E-state index contributed by atoms with van der Waals surface area (Å²) in [4.78, 5) is 4.38. The molecule has 4 nitrogen and oxygen atoms in total. The Morgan fingerprint density at radius 3 is 2.75 bits per heavy atom. The number of benzene rings is 1. The van der Waals surface area contributed by atoms with E-state index in [-0.39, 0.29) is 6.04 Å². The van der Waals surface area contributed by atoms with Crippen LogP contribution < -0.4 is 16.0 Å². The van der Waals surface area contributed by atoms with Crippen molar-refractivity contribution in [3.63, 3.8) is 0 Å². The Kier molecular flexibility index (Phi) is 5.11. The molecule has 0 aliphatic heterocycles. The Morgan fingerprint density at radius 2 is 2.15 bits per heavy atom. The van der Waals surface area contributed by atoms with Gasteiger partial charge in [-0.3, -0.25) is 16.3 Å². The third-order valence-corrected chi connectivity index (χ3v) is 3.64. The van der Waals surface area contributed by atoms with Crippen molar-refractivity contribution in [2.75, 3.05) is 7.11 Å². The molecule has 1 atom stereocenters. The minimum Gasteiger partial charge on any atom is -0.496 e. The molecule has 0 saturated carbocycles. The van der Waals surface area contributed by atoms with E-state index in [4.69, 9.17) is 10.6 Å². The van der Waals surface area contributed by atoms with Crippen molar-refractivity contribution in [1.29, 1.82) is 0 Å². The molecule has 0 saturated heterocycles. The number of pyridine rings is 1. The number of nitrogens with one attached hydrogen (secondary N) is 1. The minimum atomic E-state index is -0.0424. The molecule has 0 amide bonds. The van der Waals surface area contributed by atoms with Gasteiger partial charge >= 0.3 is 0 Å². The molecule has 3 N–H and O–H groups in total. The topological polar surface area (TPSA) is 60.2 Å². The maximum atomic E-state index is 5.70. The number of hydrogen-bond acceptors (Lipinski definition) is 4. The Balaban J connectivity index is 2.26. The van der Waals surface area contributed by atoms with Gasteiger partial charge in [0.2, 0.25) is 0 Å². The lowest BCUT2D eigenvalue weighted by atomic mass is 10.00. The zero-order valence-corrected chi connectivity index (χ0v) is 13.1. The number of aryl methyl sites for hydroxylation is 1. The molecule has 0 aliphatic carbocycles. The third kappa shape index (κ3) is 3.56. The van der Waals surface area contributed by atoms with Crippen LogP contribution in [0.25, 0.3) is 0 Å². The van der Waals surface area contributed by atoms with Gasteiger partial charge in [0.25, 0.3) is 0 Å². The Bertz CT molecular complexity index is 572. The van der Waals surface area contributed by atoms with Gasteiger partial charge in [-0.05, 0) is 46.6 Å². The quantitative estimate of drug-likeness (QED) is 0.651.